The second kappa shape index (κ2) is 8.01. The van der Waals surface area contributed by atoms with Crippen molar-refractivity contribution in [1.82, 2.24) is 10.2 Å². The van der Waals surface area contributed by atoms with Crippen LogP contribution in [0.2, 0.25) is 0 Å². The Morgan fingerprint density at radius 1 is 1.07 bits per heavy atom. The lowest BCUT2D eigenvalue weighted by Crippen LogP contribution is -2.56. The van der Waals surface area contributed by atoms with Crippen molar-refractivity contribution in [3.05, 3.63) is 30.3 Å². The molecule has 2 heterocycles. The summed E-state index contributed by atoms with van der Waals surface area (Å²) in [5, 5.41) is 3.05. The summed E-state index contributed by atoms with van der Waals surface area (Å²) in [4.78, 5) is 29.8. The molecule has 0 atom stereocenters. The van der Waals surface area contributed by atoms with E-state index >= 15 is 0 Å². The minimum Gasteiger partial charge on any atom is -0.339 e. The predicted octanol–water partition coefficient (Wildman–Crippen LogP) is 2.95. The van der Waals surface area contributed by atoms with Gasteiger partial charge in [-0.15, -0.1) is 0 Å². The molecule has 27 heavy (non-hydrogen) atoms. The number of rotatable bonds is 5. The van der Waals surface area contributed by atoms with Crippen LogP contribution in [0.15, 0.2) is 30.3 Å². The number of ketones is 1. The number of likely N-dealkylation sites (tertiary alicyclic amines) is 1. The van der Waals surface area contributed by atoms with Crippen LogP contribution in [0, 0.1) is 5.92 Å². The Morgan fingerprint density at radius 2 is 1.78 bits per heavy atom. The van der Waals surface area contributed by atoms with Crippen LogP contribution in [0.25, 0.3) is 0 Å². The molecule has 1 amide bonds. The maximum absolute atomic E-state index is 12.7. The highest BCUT2D eigenvalue weighted by Gasteiger charge is 2.50. The van der Waals surface area contributed by atoms with E-state index in [-0.39, 0.29) is 5.91 Å². The lowest BCUT2D eigenvalue weighted by atomic mass is 9.84. The van der Waals surface area contributed by atoms with Crippen LogP contribution in [0.1, 0.15) is 51.4 Å². The molecule has 2 aliphatic heterocycles. The Labute approximate surface area is 162 Å². The summed E-state index contributed by atoms with van der Waals surface area (Å²) in [6.45, 7) is 3.20. The molecule has 0 aromatic heterocycles. The Balaban J connectivity index is 1.33. The van der Waals surface area contributed by atoms with Gasteiger partial charge < -0.3 is 15.1 Å². The van der Waals surface area contributed by atoms with Crippen molar-refractivity contribution in [2.24, 2.45) is 5.92 Å². The second-order valence-electron chi connectivity index (χ2n) is 8.35. The fourth-order valence-electron chi connectivity index (χ4n) is 5.08. The number of amides is 1. The summed E-state index contributed by atoms with van der Waals surface area (Å²) < 4.78 is 0. The summed E-state index contributed by atoms with van der Waals surface area (Å²) in [5.41, 5.74) is 0.683. The lowest BCUT2D eigenvalue weighted by Gasteiger charge is -2.43. The van der Waals surface area contributed by atoms with Crippen LogP contribution in [0.4, 0.5) is 5.69 Å². The van der Waals surface area contributed by atoms with Crippen molar-refractivity contribution >= 4 is 17.4 Å². The number of hydrogen-bond acceptors (Lipinski definition) is 4. The zero-order chi connectivity index (χ0) is 18.7. The lowest BCUT2D eigenvalue weighted by molar-refractivity contribution is -0.126. The molecule has 5 heteroatoms. The smallest absolute Gasteiger partial charge is 0.247 e. The molecule has 1 N–H and O–H groups in total. The second-order valence-corrected chi connectivity index (χ2v) is 8.35. The van der Waals surface area contributed by atoms with Gasteiger partial charge in [0.25, 0.3) is 0 Å². The summed E-state index contributed by atoms with van der Waals surface area (Å²) in [6.07, 6.45) is 8.23. The van der Waals surface area contributed by atoms with Gasteiger partial charge in [-0.3, -0.25) is 9.59 Å². The monoisotopic (exact) mass is 369 g/mol. The van der Waals surface area contributed by atoms with Gasteiger partial charge in [-0.1, -0.05) is 37.5 Å². The molecule has 5 nitrogen and oxygen atoms in total. The van der Waals surface area contributed by atoms with Gasteiger partial charge in [0.1, 0.15) is 11.3 Å². The van der Waals surface area contributed by atoms with E-state index in [0.29, 0.717) is 24.8 Å². The number of benzene rings is 1. The maximum Gasteiger partial charge on any atom is 0.247 e. The molecule has 1 aromatic rings. The highest BCUT2D eigenvalue weighted by molar-refractivity contribution is 5.93. The van der Waals surface area contributed by atoms with Crippen LogP contribution in [0.5, 0.6) is 0 Å². The minimum absolute atomic E-state index is 0.157. The SMILES string of the molecule is O=C(CCN1CCC2(CC1)C(=O)NCN2c1ccccc1)C1CCCCC1. The van der Waals surface area contributed by atoms with E-state index < -0.39 is 5.54 Å². The molecule has 0 unspecified atom stereocenters. The molecule has 4 rings (SSSR count). The standard InChI is InChI=1S/C22H31N3O2/c26-20(18-7-3-1-4-8-18)11-14-24-15-12-22(13-16-24)21(27)23-17-25(22)19-9-5-2-6-10-19/h2,5-6,9-10,18H,1,3-4,7-8,11-17H2,(H,23,27). The van der Waals surface area contributed by atoms with Crippen molar-refractivity contribution in [3.63, 3.8) is 0 Å². The molecule has 3 aliphatic rings. The van der Waals surface area contributed by atoms with E-state index in [0.717, 1.165) is 51.0 Å². The van der Waals surface area contributed by atoms with E-state index in [4.69, 9.17) is 0 Å². The van der Waals surface area contributed by atoms with Gasteiger partial charge in [0.15, 0.2) is 0 Å². The fourth-order valence-corrected chi connectivity index (χ4v) is 5.08. The van der Waals surface area contributed by atoms with Gasteiger partial charge in [-0.2, -0.15) is 0 Å². The molecule has 1 aromatic carbocycles. The Bertz CT molecular complexity index is 661. The van der Waals surface area contributed by atoms with E-state index in [1.807, 2.05) is 18.2 Å². The van der Waals surface area contributed by atoms with Gasteiger partial charge in [0, 0.05) is 37.7 Å². The average molecular weight is 370 g/mol. The summed E-state index contributed by atoms with van der Waals surface area (Å²) >= 11 is 0. The average Bonchev–Trinajstić information content (AvgIpc) is 3.04. The number of piperidine rings is 1. The van der Waals surface area contributed by atoms with Crippen LogP contribution < -0.4 is 10.2 Å². The predicted molar refractivity (Wildman–Crippen MR) is 107 cm³/mol. The number of carbonyl (C=O) groups is 2. The first-order valence-electron chi connectivity index (χ1n) is 10.6. The molecule has 0 radical (unpaired) electrons. The highest BCUT2D eigenvalue weighted by atomic mass is 16.2. The van der Waals surface area contributed by atoms with Gasteiger partial charge in [-0.25, -0.2) is 0 Å². The molecular weight excluding hydrogens is 338 g/mol. The molecule has 0 bridgehead atoms. The molecular formula is C22H31N3O2. The molecule has 146 valence electrons. The van der Waals surface area contributed by atoms with E-state index in [1.54, 1.807) is 0 Å². The molecule has 3 fully saturated rings. The minimum atomic E-state index is -0.425. The van der Waals surface area contributed by atoms with Crippen LogP contribution in [0.3, 0.4) is 0 Å². The van der Waals surface area contributed by atoms with E-state index in [9.17, 15) is 9.59 Å². The van der Waals surface area contributed by atoms with Gasteiger partial charge in [0.2, 0.25) is 5.91 Å². The largest absolute Gasteiger partial charge is 0.339 e. The first kappa shape index (κ1) is 18.5. The van der Waals surface area contributed by atoms with Crippen molar-refractivity contribution < 1.29 is 9.59 Å². The molecule has 1 aliphatic carbocycles. The van der Waals surface area contributed by atoms with Crippen molar-refractivity contribution in [3.8, 4) is 0 Å². The van der Waals surface area contributed by atoms with Gasteiger partial charge in [-0.05, 0) is 37.8 Å². The first-order valence-corrected chi connectivity index (χ1v) is 10.6. The zero-order valence-electron chi connectivity index (χ0n) is 16.2. The number of hydrogen-bond donors (Lipinski definition) is 1. The van der Waals surface area contributed by atoms with Crippen LogP contribution in [-0.2, 0) is 9.59 Å². The van der Waals surface area contributed by atoms with Crippen molar-refractivity contribution in [1.29, 1.82) is 0 Å². The van der Waals surface area contributed by atoms with Gasteiger partial charge >= 0.3 is 0 Å². The van der Waals surface area contributed by atoms with E-state index in [1.165, 1.54) is 19.3 Å². The molecule has 2 saturated heterocycles. The molecule has 1 saturated carbocycles. The quantitative estimate of drug-likeness (QED) is 0.867. The number of Topliss-reactive ketones (excluding diaryl/α,β-unsaturated/α-hetero) is 1. The third-order valence-corrected chi connectivity index (χ3v) is 6.82. The summed E-state index contributed by atoms with van der Waals surface area (Å²) in [7, 11) is 0. The van der Waals surface area contributed by atoms with E-state index in [2.05, 4.69) is 27.2 Å². The van der Waals surface area contributed by atoms with Crippen molar-refractivity contribution in [2.75, 3.05) is 31.2 Å². The number of nitrogens with zero attached hydrogens (tertiary/aromatic N) is 2. The van der Waals surface area contributed by atoms with Crippen LogP contribution >= 0.6 is 0 Å². The zero-order valence-corrected chi connectivity index (χ0v) is 16.2. The number of para-hydroxylation sites is 1. The van der Waals surface area contributed by atoms with Crippen molar-refractivity contribution in [2.45, 2.75) is 56.9 Å². The highest BCUT2D eigenvalue weighted by Crippen LogP contribution is 2.36. The Hall–Kier alpha value is -1.88. The number of carbonyl (C=O) groups excluding carboxylic acids is 2. The first-order chi connectivity index (χ1) is 13.2. The molecule has 1 spiro atoms. The fraction of sp³-hybridized carbons (Fsp3) is 0.636. The number of nitrogens with one attached hydrogen (secondary N) is 1. The summed E-state index contributed by atoms with van der Waals surface area (Å²) in [5.74, 6) is 0.924. The number of anilines is 1. The maximum atomic E-state index is 12.7. The normalized spacial score (nSPS) is 23.6. The van der Waals surface area contributed by atoms with Crippen LogP contribution in [-0.4, -0.2) is 48.4 Å². The third-order valence-electron chi connectivity index (χ3n) is 6.82. The third kappa shape index (κ3) is 3.75. The topological polar surface area (TPSA) is 52.7 Å². The Kier molecular flexibility index (Phi) is 5.48. The summed E-state index contributed by atoms with van der Waals surface area (Å²) in [6, 6.07) is 10.2. The Morgan fingerprint density at radius 3 is 2.48 bits per heavy atom. The van der Waals surface area contributed by atoms with Gasteiger partial charge in [0.05, 0.1) is 6.67 Å².